The van der Waals surface area contributed by atoms with Gasteiger partial charge in [-0.2, -0.15) is 0 Å². The molecule has 2 aromatic rings. The number of hydrogen-bond acceptors (Lipinski definition) is 5. The molecule has 1 unspecified atom stereocenters. The lowest BCUT2D eigenvalue weighted by molar-refractivity contribution is 0.0513. The highest BCUT2D eigenvalue weighted by Crippen LogP contribution is 2.30. The van der Waals surface area contributed by atoms with Gasteiger partial charge in [0.05, 0.1) is 18.2 Å². The van der Waals surface area contributed by atoms with Gasteiger partial charge in [0.25, 0.3) is 5.91 Å². The van der Waals surface area contributed by atoms with E-state index in [1.807, 2.05) is 25.3 Å². The molecular weight excluding hydrogens is 318 g/mol. The van der Waals surface area contributed by atoms with E-state index in [0.717, 1.165) is 31.6 Å². The molecule has 2 aromatic heterocycles. The van der Waals surface area contributed by atoms with Crippen LogP contribution in [0.5, 0.6) is 5.88 Å². The Labute approximate surface area is 147 Å². The third-order valence-corrected chi connectivity index (χ3v) is 4.36. The number of pyridine rings is 2. The summed E-state index contributed by atoms with van der Waals surface area (Å²) in [5, 5.41) is 3.16. The van der Waals surface area contributed by atoms with E-state index in [1.54, 1.807) is 24.5 Å². The highest BCUT2D eigenvalue weighted by molar-refractivity contribution is 5.94. The fraction of sp³-hybridized carbons (Fsp3) is 0.421. The van der Waals surface area contributed by atoms with Crippen molar-refractivity contribution in [3.63, 3.8) is 0 Å². The highest BCUT2D eigenvalue weighted by atomic mass is 16.5. The van der Waals surface area contributed by atoms with Crippen molar-refractivity contribution in [1.29, 1.82) is 0 Å². The molecule has 0 bridgehead atoms. The van der Waals surface area contributed by atoms with Crippen molar-refractivity contribution < 1.29 is 14.3 Å². The minimum Gasteiger partial charge on any atom is -0.478 e. The molecule has 1 amide bonds. The van der Waals surface area contributed by atoms with Crippen LogP contribution in [0.15, 0.2) is 42.9 Å². The van der Waals surface area contributed by atoms with E-state index >= 15 is 0 Å². The van der Waals surface area contributed by atoms with E-state index in [-0.39, 0.29) is 11.9 Å². The van der Waals surface area contributed by atoms with Crippen molar-refractivity contribution in [3.8, 4) is 5.88 Å². The van der Waals surface area contributed by atoms with Crippen LogP contribution < -0.4 is 10.1 Å². The minimum absolute atomic E-state index is 0.0864. The molecule has 1 aliphatic rings. The third kappa shape index (κ3) is 4.54. The van der Waals surface area contributed by atoms with Crippen molar-refractivity contribution >= 4 is 5.91 Å². The number of carbonyl (C=O) groups is 1. The molecule has 0 aromatic carbocycles. The maximum Gasteiger partial charge on any atom is 0.253 e. The first-order chi connectivity index (χ1) is 12.3. The maximum atomic E-state index is 12.7. The number of amides is 1. The summed E-state index contributed by atoms with van der Waals surface area (Å²) in [6, 6.07) is 7.26. The Morgan fingerprint density at radius 2 is 2.16 bits per heavy atom. The van der Waals surface area contributed by atoms with E-state index in [4.69, 9.17) is 9.47 Å². The number of rotatable bonds is 6. The van der Waals surface area contributed by atoms with Crippen LogP contribution in [0, 0.1) is 5.92 Å². The molecule has 0 saturated carbocycles. The van der Waals surface area contributed by atoms with Crippen molar-refractivity contribution in [3.05, 3.63) is 54.0 Å². The quantitative estimate of drug-likeness (QED) is 0.874. The lowest BCUT2D eigenvalue weighted by atomic mass is 9.87. The second kappa shape index (κ2) is 8.58. The van der Waals surface area contributed by atoms with Gasteiger partial charge in [-0.1, -0.05) is 6.07 Å². The molecule has 1 fully saturated rings. The second-order valence-electron chi connectivity index (χ2n) is 6.01. The Morgan fingerprint density at radius 3 is 2.80 bits per heavy atom. The van der Waals surface area contributed by atoms with Gasteiger partial charge in [-0.15, -0.1) is 0 Å². The highest BCUT2D eigenvalue weighted by Gasteiger charge is 2.27. The van der Waals surface area contributed by atoms with Crippen LogP contribution in [-0.2, 0) is 4.74 Å². The average Bonchev–Trinajstić information content (AvgIpc) is 2.68. The lowest BCUT2D eigenvalue weighted by Crippen LogP contribution is -2.36. The molecule has 6 heteroatoms. The van der Waals surface area contributed by atoms with E-state index in [9.17, 15) is 4.79 Å². The number of aromatic nitrogens is 2. The molecule has 0 spiro atoms. The summed E-state index contributed by atoms with van der Waals surface area (Å²) in [7, 11) is 0. The summed E-state index contributed by atoms with van der Waals surface area (Å²) in [4.78, 5) is 21.1. The molecule has 3 rings (SSSR count). The van der Waals surface area contributed by atoms with E-state index < -0.39 is 0 Å². The van der Waals surface area contributed by atoms with Gasteiger partial charge in [0, 0.05) is 37.9 Å². The first-order valence-corrected chi connectivity index (χ1v) is 8.65. The van der Waals surface area contributed by atoms with E-state index in [1.165, 1.54) is 0 Å². The molecule has 1 saturated heterocycles. The summed E-state index contributed by atoms with van der Waals surface area (Å²) in [6.45, 7) is 3.89. The molecule has 3 heterocycles. The van der Waals surface area contributed by atoms with E-state index in [0.29, 0.717) is 24.0 Å². The summed E-state index contributed by atoms with van der Waals surface area (Å²) < 4.78 is 10.8. The monoisotopic (exact) mass is 341 g/mol. The fourth-order valence-electron chi connectivity index (χ4n) is 3.05. The lowest BCUT2D eigenvalue weighted by Gasteiger charge is -2.31. The topological polar surface area (TPSA) is 73.3 Å². The second-order valence-corrected chi connectivity index (χ2v) is 6.01. The molecule has 1 aliphatic heterocycles. The van der Waals surface area contributed by atoms with E-state index in [2.05, 4.69) is 15.3 Å². The number of ether oxygens (including phenoxy) is 2. The maximum absolute atomic E-state index is 12.7. The summed E-state index contributed by atoms with van der Waals surface area (Å²) >= 11 is 0. The van der Waals surface area contributed by atoms with Gasteiger partial charge >= 0.3 is 0 Å². The summed E-state index contributed by atoms with van der Waals surface area (Å²) in [5.41, 5.74) is 1.53. The Morgan fingerprint density at radius 1 is 1.32 bits per heavy atom. The average molecular weight is 341 g/mol. The van der Waals surface area contributed by atoms with Crippen molar-refractivity contribution in [2.45, 2.75) is 25.8 Å². The molecule has 1 N–H and O–H groups in total. The van der Waals surface area contributed by atoms with Crippen LogP contribution in [-0.4, -0.2) is 35.7 Å². The third-order valence-electron chi connectivity index (χ3n) is 4.36. The van der Waals surface area contributed by atoms with Gasteiger partial charge in [0.2, 0.25) is 5.88 Å². The van der Waals surface area contributed by atoms with Crippen molar-refractivity contribution in [2.75, 3.05) is 19.8 Å². The van der Waals surface area contributed by atoms with Crippen LogP contribution in [0.1, 0.15) is 41.7 Å². The smallest absolute Gasteiger partial charge is 0.253 e. The zero-order chi connectivity index (χ0) is 17.5. The Balaban J connectivity index is 1.75. The van der Waals surface area contributed by atoms with Gasteiger partial charge in [0.1, 0.15) is 0 Å². The zero-order valence-corrected chi connectivity index (χ0v) is 14.4. The number of nitrogens with one attached hydrogen (secondary N) is 1. The Kier molecular flexibility index (Phi) is 5.95. The van der Waals surface area contributed by atoms with Crippen LogP contribution in [0.4, 0.5) is 0 Å². The van der Waals surface area contributed by atoms with Gasteiger partial charge in [-0.05, 0) is 43.4 Å². The van der Waals surface area contributed by atoms with Crippen molar-refractivity contribution in [2.24, 2.45) is 5.92 Å². The Bertz CT molecular complexity index is 670. The van der Waals surface area contributed by atoms with Crippen LogP contribution in [0.3, 0.4) is 0 Å². The number of hydrogen-bond donors (Lipinski definition) is 1. The summed E-state index contributed by atoms with van der Waals surface area (Å²) in [5.74, 6) is 0.709. The molecule has 6 nitrogen and oxygen atoms in total. The van der Waals surface area contributed by atoms with Gasteiger partial charge in [-0.25, -0.2) is 4.98 Å². The number of carbonyl (C=O) groups excluding carboxylic acids is 1. The Hall–Kier alpha value is -2.47. The predicted octanol–water partition coefficient (Wildman–Crippen LogP) is 2.77. The fourth-order valence-corrected chi connectivity index (χ4v) is 3.05. The molecule has 0 aliphatic carbocycles. The van der Waals surface area contributed by atoms with Gasteiger partial charge in [-0.3, -0.25) is 9.78 Å². The predicted molar refractivity (Wildman–Crippen MR) is 93.4 cm³/mol. The molecular formula is C19H23N3O3. The molecule has 0 radical (unpaired) electrons. The van der Waals surface area contributed by atoms with Gasteiger partial charge in [0.15, 0.2) is 0 Å². The SMILES string of the molecule is CCOc1ccc(C(=O)NC(c2cccnc2)C2CCOCC2)cn1. The normalized spacial score (nSPS) is 16.2. The standard InChI is InChI=1S/C19H23N3O3/c1-2-25-17-6-5-16(13-21-17)19(23)22-18(14-7-10-24-11-8-14)15-4-3-9-20-12-15/h3-6,9,12-14,18H,2,7-8,10-11H2,1H3,(H,22,23). The minimum atomic E-state index is -0.143. The summed E-state index contributed by atoms with van der Waals surface area (Å²) in [6.07, 6.45) is 6.94. The molecule has 1 atom stereocenters. The van der Waals surface area contributed by atoms with Crippen LogP contribution in [0.25, 0.3) is 0 Å². The first kappa shape index (κ1) is 17.4. The largest absolute Gasteiger partial charge is 0.478 e. The van der Waals surface area contributed by atoms with Gasteiger partial charge < -0.3 is 14.8 Å². The van der Waals surface area contributed by atoms with Crippen LogP contribution in [0.2, 0.25) is 0 Å². The number of nitrogens with zero attached hydrogens (tertiary/aromatic N) is 2. The van der Waals surface area contributed by atoms with Crippen LogP contribution >= 0.6 is 0 Å². The zero-order valence-electron chi connectivity index (χ0n) is 14.4. The van der Waals surface area contributed by atoms with Crippen molar-refractivity contribution in [1.82, 2.24) is 15.3 Å². The first-order valence-electron chi connectivity index (χ1n) is 8.65. The molecule has 25 heavy (non-hydrogen) atoms. The molecule has 132 valence electrons.